The normalized spacial score (nSPS) is 11.4. The van der Waals surface area contributed by atoms with Gasteiger partial charge in [0.15, 0.2) is 0 Å². The van der Waals surface area contributed by atoms with Crippen molar-refractivity contribution in [2.75, 3.05) is 4.72 Å². The summed E-state index contributed by atoms with van der Waals surface area (Å²) in [4.78, 5) is 0.130. The first-order valence-electron chi connectivity index (χ1n) is 6.11. The highest BCUT2D eigenvalue weighted by atomic mass is 35.5. The van der Waals surface area contributed by atoms with Crippen molar-refractivity contribution in [3.05, 3.63) is 58.4 Å². The second-order valence-corrected chi connectivity index (χ2v) is 6.54. The second-order valence-electron chi connectivity index (χ2n) is 4.48. The highest BCUT2D eigenvalue weighted by Crippen LogP contribution is 2.24. The zero-order valence-electron chi connectivity index (χ0n) is 11.2. The Morgan fingerprint density at radius 3 is 2.62 bits per heavy atom. The van der Waals surface area contributed by atoms with E-state index in [1.807, 2.05) is 0 Å². The minimum absolute atomic E-state index is 0.130. The molecule has 2 rings (SSSR count). The molecule has 0 bridgehead atoms. The van der Waals surface area contributed by atoms with Gasteiger partial charge in [-0.2, -0.15) is 0 Å². The molecule has 0 unspecified atom stereocenters. The van der Waals surface area contributed by atoms with Gasteiger partial charge >= 0.3 is 0 Å². The summed E-state index contributed by atoms with van der Waals surface area (Å²) in [5.74, 6) is -0.610. The van der Waals surface area contributed by atoms with Gasteiger partial charge in [-0.3, -0.25) is 4.72 Å². The minimum Gasteiger partial charge on any atom is -0.326 e. The molecule has 2 aromatic carbocycles. The highest BCUT2D eigenvalue weighted by molar-refractivity contribution is 7.92. The van der Waals surface area contributed by atoms with Crippen LogP contribution in [0.2, 0.25) is 5.02 Å². The van der Waals surface area contributed by atoms with Crippen LogP contribution in [0.4, 0.5) is 10.1 Å². The first kappa shape index (κ1) is 15.8. The minimum atomic E-state index is -3.79. The SMILES string of the molecule is Cc1c(CN)cccc1S(=O)(=O)Nc1ccc(F)c(Cl)c1. The molecule has 0 heterocycles. The summed E-state index contributed by atoms with van der Waals surface area (Å²) in [5, 5.41) is -0.150. The summed E-state index contributed by atoms with van der Waals surface area (Å²) in [6.07, 6.45) is 0. The second kappa shape index (κ2) is 6.01. The molecule has 112 valence electrons. The van der Waals surface area contributed by atoms with Crippen LogP contribution in [-0.4, -0.2) is 8.42 Å². The molecule has 4 nitrogen and oxygen atoms in total. The molecule has 7 heteroatoms. The fraction of sp³-hybridized carbons (Fsp3) is 0.143. The van der Waals surface area contributed by atoms with Gasteiger partial charge in [-0.25, -0.2) is 12.8 Å². The molecule has 0 saturated heterocycles. The van der Waals surface area contributed by atoms with E-state index in [2.05, 4.69) is 4.72 Å². The zero-order chi connectivity index (χ0) is 15.6. The number of sulfonamides is 1. The van der Waals surface area contributed by atoms with E-state index in [9.17, 15) is 12.8 Å². The highest BCUT2D eigenvalue weighted by Gasteiger charge is 2.18. The number of anilines is 1. The maximum atomic E-state index is 13.1. The predicted octanol–water partition coefficient (Wildman–Crippen LogP) is 3.05. The van der Waals surface area contributed by atoms with E-state index in [0.717, 1.165) is 11.6 Å². The van der Waals surface area contributed by atoms with Crippen molar-refractivity contribution in [3.63, 3.8) is 0 Å². The van der Waals surface area contributed by atoms with Crippen molar-refractivity contribution in [1.29, 1.82) is 0 Å². The van der Waals surface area contributed by atoms with Gasteiger partial charge in [0.05, 0.1) is 15.6 Å². The van der Waals surface area contributed by atoms with Crippen LogP contribution in [-0.2, 0) is 16.6 Å². The van der Waals surface area contributed by atoms with Crippen molar-refractivity contribution < 1.29 is 12.8 Å². The van der Waals surface area contributed by atoms with Gasteiger partial charge in [0.2, 0.25) is 0 Å². The van der Waals surface area contributed by atoms with E-state index in [-0.39, 0.29) is 22.2 Å². The number of hydrogen-bond donors (Lipinski definition) is 2. The average Bonchev–Trinajstić information content (AvgIpc) is 2.42. The molecule has 0 atom stereocenters. The lowest BCUT2D eigenvalue weighted by Gasteiger charge is -2.13. The molecule has 0 radical (unpaired) electrons. The summed E-state index contributed by atoms with van der Waals surface area (Å²) < 4.78 is 40.3. The molecule has 0 aliphatic carbocycles. The van der Waals surface area contributed by atoms with Gasteiger partial charge in [-0.05, 0) is 42.3 Å². The van der Waals surface area contributed by atoms with Gasteiger partial charge in [0, 0.05) is 6.54 Å². The molecule has 0 spiro atoms. The van der Waals surface area contributed by atoms with E-state index in [0.29, 0.717) is 5.56 Å². The Labute approximate surface area is 127 Å². The van der Waals surface area contributed by atoms with Gasteiger partial charge in [-0.1, -0.05) is 23.7 Å². The number of rotatable bonds is 4. The average molecular weight is 329 g/mol. The van der Waals surface area contributed by atoms with Crippen LogP contribution in [0.1, 0.15) is 11.1 Å². The van der Waals surface area contributed by atoms with E-state index in [1.54, 1.807) is 19.1 Å². The molecule has 0 aliphatic heterocycles. The molecule has 2 aromatic rings. The molecule has 21 heavy (non-hydrogen) atoms. The summed E-state index contributed by atoms with van der Waals surface area (Å²) in [6.45, 7) is 1.94. The molecule has 0 amide bonds. The van der Waals surface area contributed by atoms with Crippen molar-refractivity contribution in [2.45, 2.75) is 18.4 Å². The number of nitrogens with two attached hydrogens (primary N) is 1. The Balaban J connectivity index is 2.41. The standard InChI is InChI=1S/C14H14ClFN2O2S/c1-9-10(8-17)3-2-4-14(9)21(19,20)18-11-5-6-13(16)12(15)7-11/h2-7,18H,8,17H2,1H3. The number of nitrogens with one attached hydrogen (secondary N) is 1. The summed E-state index contributed by atoms with van der Waals surface area (Å²) in [6, 6.07) is 8.51. The number of hydrogen-bond acceptors (Lipinski definition) is 3. The molecular formula is C14H14ClFN2O2S. The summed E-state index contributed by atoms with van der Waals surface area (Å²) in [7, 11) is -3.79. The van der Waals surface area contributed by atoms with Crippen LogP contribution in [0.15, 0.2) is 41.3 Å². The van der Waals surface area contributed by atoms with Crippen LogP contribution < -0.4 is 10.5 Å². The smallest absolute Gasteiger partial charge is 0.262 e. The van der Waals surface area contributed by atoms with Gasteiger partial charge in [0.1, 0.15) is 5.82 Å². The fourth-order valence-electron chi connectivity index (χ4n) is 1.94. The maximum Gasteiger partial charge on any atom is 0.262 e. The lowest BCUT2D eigenvalue weighted by atomic mass is 10.1. The van der Waals surface area contributed by atoms with E-state index in [4.69, 9.17) is 17.3 Å². The zero-order valence-corrected chi connectivity index (χ0v) is 12.8. The largest absolute Gasteiger partial charge is 0.326 e. The third-order valence-electron chi connectivity index (χ3n) is 3.08. The monoisotopic (exact) mass is 328 g/mol. The van der Waals surface area contributed by atoms with E-state index < -0.39 is 15.8 Å². The van der Waals surface area contributed by atoms with Crippen LogP contribution in [0, 0.1) is 12.7 Å². The Hall–Kier alpha value is -1.63. The van der Waals surface area contributed by atoms with Gasteiger partial charge in [0.25, 0.3) is 10.0 Å². The lowest BCUT2D eigenvalue weighted by molar-refractivity contribution is 0.600. The van der Waals surface area contributed by atoms with E-state index in [1.165, 1.54) is 18.2 Å². The first-order valence-corrected chi connectivity index (χ1v) is 7.97. The molecule has 0 fully saturated rings. The quantitative estimate of drug-likeness (QED) is 0.906. The van der Waals surface area contributed by atoms with Crippen molar-refractivity contribution >= 4 is 27.3 Å². The Morgan fingerprint density at radius 1 is 1.29 bits per heavy atom. The fourth-order valence-corrected chi connectivity index (χ4v) is 3.46. The molecule has 3 N–H and O–H groups in total. The number of halogens is 2. The third kappa shape index (κ3) is 3.34. The first-order chi connectivity index (χ1) is 9.85. The topological polar surface area (TPSA) is 72.2 Å². The van der Waals surface area contributed by atoms with Crippen LogP contribution in [0.3, 0.4) is 0 Å². The Morgan fingerprint density at radius 2 is 2.00 bits per heavy atom. The lowest BCUT2D eigenvalue weighted by Crippen LogP contribution is -2.15. The molecule has 0 saturated carbocycles. The molecular weight excluding hydrogens is 315 g/mol. The predicted molar refractivity (Wildman–Crippen MR) is 81.3 cm³/mol. The van der Waals surface area contributed by atoms with Gasteiger partial charge < -0.3 is 5.73 Å². The van der Waals surface area contributed by atoms with E-state index >= 15 is 0 Å². The summed E-state index contributed by atoms with van der Waals surface area (Å²) >= 11 is 5.64. The third-order valence-corrected chi connectivity index (χ3v) is 4.89. The van der Waals surface area contributed by atoms with Crippen LogP contribution in [0.25, 0.3) is 0 Å². The van der Waals surface area contributed by atoms with Crippen LogP contribution >= 0.6 is 11.6 Å². The van der Waals surface area contributed by atoms with Crippen molar-refractivity contribution in [1.82, 2.24) is 0 Å². The van der Waals surface area contributed by atoms with Crippen LogP contribution in [0.5, 0.6) is 0 Å². The molecule has 0 aromatic heterocycles. The van der Waals surface area contributed by atoms with Gasteiger partial charge in [-0.15, -0.1) is 0 Å². The Bertz CT molecular complexity index is 779. The Kier molecular flexibility index (Phi) is 4.51. The van der Waals surface area contributed by atoms with Crippen molar-refractivity contribution in [2.24, 2.45) is 5.73 Å². The summed E-state index contributed by atoms with van der Waals surface area (Å²) in [5.41, 5.74) is 7.10. The van der Waals surface area contributed by atoms with Crippen molar-refractivity contribution in [3.8, 4) is 0 Å². The number of benzene rings is 2. The molecule has 0 aliphatic rings. The maximum absolute atomic E-state index is 13.1.